The Kier molecular flexibility index (Phi) is 3.28. The second-order valence-corrected chi connectivity index (χ2v) is 5.05. The van der Waals surface area contributed by atoms with Gasteiger partial charge in [0.05, 0.1) is 0 Å². The molecule has 1 saturated heterocycles. The fraction of sp³-hybridized carbons (Fsp3) is 0.615. The van der Waals surface area contributed by atoms with Crippen molar-refractivity contribution in [3.63, 3.8) is 0 Å². The van der Waals surface area contributed by atoms with Crippen LogP contribution in [0.4, 0.5) is 5.95 Å². The van der Waals surface area contributed by atoms with E-state index in [0.29, 0.717) is 23.5 Å². The molecule has 1 aromatic rings. The molecular formula is C13H18N4. The van der Waals surface area contributed by atoms with Crippen molar-refractivity contribution >= 4 is 5.95 Å². The van der Waals surface area contributed by atoms with Crippen LogP contribution in [0.15, 0.2) is 6.07 Å². The molecule has 1 aliphatic heterocycles. The summed E-state index contributed by atoms with van der Waals surface area (Å²) in [5.74, 6) is 2.12. The minimum Gasteiger partial charge on any atom is -0.340 e. The molecule has 0 aromatic carbocycles. The summed E-state index contributed by atoms with van der Waals surface area (Å²) in [6, 6.07) is 3.81. The van der Waals surface area contributed by atoms with E-state index in [0.717, 1.165) is 18.8 Å². The zero-order valence-electron chi connectivity index (χ0n) is 10.6. The van der Waals surface area contributed by atoms with Crippen LogP contribution in [0, 0.1) is 30.1 Å². The second-order valence-electron chi connectivity index (χ2n) is 5.05. The van der Waals surface area contributed by atoms with E-state index in [2.05, 4.69) is 34.8 Å². The Morgan fingerprint density at radius 3 is 2.82 bits per heavy atom. The average molecular weight is 230 g/mol. The lowest BCUT2D eigenvalue weighted by Crippen LogP contribution is -2.23. The van der Waals surface area contributed by atoms with E-state index in [1.165, 1.54) is 6.42 Å². The van der Waals surface area contributed by atoms with E-state index in [1.807, 2.05) is 6.92 Å². The Morgan fingerprint density at radius 1 is 1.47 bits per heavy atom. The molecule has 0 bridgehead atoms. The van der Waals surface area contributed by atoms with Crippen molar-refractivity contribution in [2.24, 2.45) is 11.8 Å². The van der Waals surface area contributed by atoms with Crippen molar-refractivity contribution in [3.05, 3.63) is 17.5 Å². The van der Waals surface area contributed by atoms with Crippen LogP contribution in [0.2, 0.25) is 0 Å². The van der Waals surface area contributed by atoms with Gasteiger partial charge in [0, 0.05) is 18.8 Å². The molecule has 1 unspecified atom stereocenters. The quantitative estimate of drug-likeness (QED) is 0.781. The SMILES string of the molecule is Cc1cc(C#N)nc(N2CCC(C(C)C)C2)n1. The molecule has 90 valence electrons. The van der Waals surface area contributed by atoms with Gasteiger partial charge in [0.1, 0.15) is 11.8 Å². The van der Waals surface area contributed by atoms with Crippen LogP contribution in [0.5, 0.6) is 0 Å². The third-order valence-electron chi connectivity index (χ3n) is 3.41. The van der Waals surface area contributed by atoms with Gasteiger partial charge in [0.15, 0.2) is 0 Å². The van der Waals surface area contributed by atoms with Crippen molar-refractivity contribution in [2.75, 3.05) is 18.0 Å². The second kappa shape index (κ2) is 4.70. The van der Waals surface area contributed by atoms with Gasteiger partial charge in [0.25, 0.3) is 0 Å². The van der Waals surface area contributed by atoms with Crippen LogP contribution in [-0.4, -0.2) is 23.1 Å². The third-order valence-corrected chi connectivity index (χ3v) is 3.41. The van der Waals surface area contributed by atoms with Crippen molar-refractivity contribution in [2.45, 2.75) is 27.2 Å². The number of anilines is 1. The number of hydrogen-bond acceptors (Lipinski definition) is 4. The molecule has 1 aromatic heterocycles. The van der Waals surface area contributed by atoms with Gasteiger partial charge in [-0.15, -0.1) is 0 Å². The maximum absolute atomic E-state index is 8.91. The molecule has 1 aliphatic rings. The van der Waals surface area contributed by atoms with Gasteiger partial charge in [-0.25, -0.2) is 9.97 Å². The summed E-state index contributed by atoms with van der Waals surface area (Å²) < 4.78 is 0. The van der Waals surface area contributed by atoms with Crippen molar-refractivity contribution in [3.8, 4) is 6.07 Å². The molecule has 0 radical (unpaired) electrons. The molecule has 4 nitrogen and oxygen atoms in total. The molecular weight excluding hydrogens is 212 g/mol. The summed E-state index contributed by atoms with van der Waals surface area (Å²) in [5, 5.41) is 8.91. The average Bonchev–Trinajstić information content (AvgIpc) is 2.77. The van der Waals surface area contributed by atoms with Crippen LogP contribution < -0.4 is 4.90 Å². The summed E-state index contributed by atoms with van der Waals surface area (Å²) in [7, 11) is 0. The first-order valence-corrected chi connectivity index (χ1v) is 6.11. The number of nitrogens with zero attached hydrogens (tertiary/aromatic N) is 4. The Bertz CT molecular complexity index is 447. The van der Waals surface area contributed by atoms with E-state index in [9.17, 15) is 0 Å². The minimum atomic E-state index is 0.459. The normalized spacial score (nSPS) is 19.7. The Hall–Kier alpha value is -1.63. The smallest absolute Gasteiger partial charge is 0.226 e. The first-order valence-electron chi connectivity index (χ1n) is 6.11. The van der Waals surface area contributed by atoms with Gasteiger partial charge in [-0.3, -0.25) is 0 Å². The zero-order valence-corrected chi connectivity index (χ0v) is 10.6. The maximum atomic E-state index is 8.91. The highest BCUT2D eigenvalue weighted by atomic mass is 15.3. The van der Waals surface area contributed by atoms with Crippen LogP contribution in [0.3, 0.4) is 0 Å². The lowest BCUT2D eigenvalue weighted by atomic mass is 9.95. The van der Waals surface area contributed by atoms with Gasteiger partial charge in [-0.2, -0.15) is 5.26 Å². The van der Waals surface area contributed by atoms with E-state index < -0.39 is 0 Å². The lowest BCUT2D eigenvalue weighted by Gasteiger charge is -2.18. The fourth-order valence-electron chi connectivity index (χ4n) is 2.26. The first kappa shape index (κ1) is 11.8. The first-order chi connectivity index (χ1) is 8.10. The molecule has 2 rings (SSSR count). The molecule has 0 aliphatic carbocycles. The molecule has 2 heterocycles. The summed E-state index contributed by atoms with van der Waals surface area (Å²) in [4.78, 5) is 10.9. The largest absolute Gasteiger partial charge is 0.340 e. The minimum absolute atomic E-state index is 0.459. The number of nitriles is 1. The fourth-order valence-corrected chi connectivity index (χ4v) is 2.26. The molecule has 1 fully saturated rings. The third kappa shape index (κ3) is 2.55. The van der Waals surface area contributed by atoms with Gasteiger partial charge >= 0.3 is 0 Å². The summed E-state index contributed by atoms with van der Waals surface area (Å²) in [6.07, 6.45) is 1.19. The zero-order chi connectivity index (χ0) is 12.4. The van der Waals surface area contributed by atoms with Crippen LogP contribution >= 0.6 is 0 Å². The topological polar surface area (TPSA) is 52.8 Å². The van der Waals surface area contributed by atoms with E-state index in [-0.39, 0.29) is 0 Å². The van der Waals surface area contributed by atoms with E-state index >= 15 is 0 Å². The number of aromatic nitrogens is 2. The number of rotatable bonds is 2. The highest BCUT2D eigenvalue weighted by Gasteiger charge is 2.26. The lowest BCUT2D eigenvalue weighted by molar-refractivity contribution is 0.422. The van der Waals surface area contributed by atoms with Crippen molar-refractivity contribution < 1.29 is 0 Å². The van der Waals surface area contributed by atoms with Crippen molar-refractivity contribution in [1.29, 1.82) is 5.26 Å². The predicted molar refractivity (Wildman–Crippen MR) is 66.6 cm³/mol. The monoisotopic (exact) mass is 230 g/mol. The molecule has 0 saturated carbocycles. The standard InChI is InChI=1S/C13H18N4/c1-9(2)11-4-5-17(8-11)13-15-10(3)6-12(7-14)16-13/h6,9,11H,4-5,8H2,1-3H3. The van der Waals surface area contributed by atoms with Crippen molar-refractivity contribution in [1.82, 2.24) is 9.97 Å². The van der Waals surface area contributed by atoms with Crippen LogP contribution in [0.1, 0.15) is 31.7 Å². The maximum Gasteiger partial charge on any atom is 0.226 e. The Morgan fingerprint density at radius 2 is 2.24 bits per heavy atom. The molecule has 0 amide bonds. The summed E-state index contributed by atoms with van der Waals surface area (Å²) >= 11 is 0. The van der Waals surface area contributed by atoms with E-state index in [1.54, 1.807) is 6.07 Å². The Labute approximate surface area is 102 Å². The molecule has 4 heteroatoms. The van der Waals surface area contributed by atoms with Crippen LogP contribution in [-0.2, 0) is 0 Å². The highest BCUT2D eigenvalue weighted by Crippen LogP contribution is 2.26. The summed E-state index contributed by atoms with van der Waals surface area (Å²) in [5.41, 5.74) is 1.32. The van der Waals surface area contributed by atoms with Gasteiger partial charge in [-0.1, -0.05) is 13.8 Å². The van der Waals surface area contributed by atoms with Gasteiger partial charge in [-0.05, 0) is 31.2 Å². The molecule has 17 heavy (non-hydrogen) atoms. The number of aryl methyl sites for hydroxylation is 1. The van der Waals surface area contributed by atoms with Gasteiger partial charge in [0.2, 0.25) is 5.95 Å². The summed E-state index contributed by atoms with van der Waals surface area (Å²) in [6.45, 7) is 8.42. The number of hydrogen-bond donors (Lipinski definition) is 0. The van der Waals surface area contributed by atoms with Crippen LogP contribution in [0.25, 0.3) is 0 Å². The van der Waals surface area contributed by atoms with E-state index in [4.69, 9.17) is 5.26 Å². The predicted octanol–water partition coefficient (Wildman–Crippen LogP) is 2.14. The molecule has 0 N–H and O–H groups in total. The highest BCUT2D eigenvalue weighted by molar-refractivity contribution is 5.37. The molecule has 1 atom stereocenters. The van der Waals surface area contributed by atoms with Gasteiger partial charge < -0.3 is 4.90 Å². The Balaban J connectivity index is 2.19. The molecule has 0 spiro atoms.